The van der Waals surface area contributed by atoms with E-state index in [9.17, 15) is 0 Å². The van der Waals surface area contributed by atoms with Crippen molar-refractivity contribution in [3.8, 4) is 0 Å². The summed E-state index contributed by atoms with van der Waals surface area (Å²) in [6, 6.07) is 3.19. The van der Waals surface area contributed by atoms with Gasteiger partial charge in [0.15, 0.2) is 0 Å². The molecule has 0 rings (SSSR count). The van der Waals surface area contributed by atoms with E-state index in [4.69, 9.17) is 0 Å². The zero-order chi connectivity index (χ0) is 10.5. The van der Waals surface area contributed by atoms with E-state index < -0.39 is 11.2 Å². The van der Waals surface area contributed by atoms with Crippen LogP contribution in [0.1, 0.15) is 26.7 Å². The van der Waals surface area contributed by atoms with Crippen LogP contribution in [0.5, 0.6) is 0 Å². The van der Waals surface area contributed by atoms with Gasteiger partial charge in [-0.2, -0.15) is 0 Å². The average molecular weight is 330 g/mol. The fourth-order valence-electron chi connectivity index (χ4n) is 2.05. The average Bonchev–Trinajstić information content (AvgIpc) is 1.82. The Hall–Kier alpha value is 1.22. The van der Waals surface area contributed by atoms with Crippen molar-refractivity contribution in [2.24, 2.45) is 0 Å². The van der Waals surface area contributed by atoms with Crippen molar-refractivity contribution in [2.45, 2.75) is 65.0 Å². The molecule has 0 aromatic carbocycles. The van der Waals surface area contributed by atoms with Gasteiger partial charge in [-0.1, -0.05) is 0 Å². The molecule has 0 spiro atoms. The van der Waals surface area contributed by atoms with E-state index in [0.29, 0.717) is 19.3 Å². The minimum atomic E-state index is -0.684. The zero-order valence-corrected chi connectivity index (χ0v) is 14.6. The topological polar surface area (TPSA) is 0 Å². The Morgan fingerprint density at radius 2 is 1.08 bits per heavy atom. The van der Waals surface area contributed by atoms with Crippen LogP contribution in [0.4, 0.5) is 0 Å². The molecule has 0 aromatic heterocycles. The van der Waals surface area contributed by atoms with E-state index in [-0.39, 0.29) is 0 Å². The molecule has 0 unspecified atom stereocenters. The summed E-state index contributed by atoms with van der Waals surface area (Å²) in [6.07, 6.45) is 2.86. The molecule has 0 atom stereocenters. The number of hydrogen-bond donors (Lipinski definition) is 0. The summed E-state index contributed by atoms with van der Waals surface area (Å²) in [5.74, 6) is 0. The van der Waals surface area contributed by atoms with E-state index >= 15 is 0 Å². The molecule has 0 radical (unpaired) electrons. The van der Waals surface area contributed by atoms with Crippen LogP contribution in [-0.4, -0.2) is 30.6 Å². The van der Waals surface area contributed by atoms with Gasteiger partial charge >= 0.3 is 95.6 Å². The van der Waals surface area contributed by atoms with Crippen LogP contribution in [0.15, 0.2) is 0 Å². The summed E-state index contributed by atoms with van der Waals surface area (Å²) in [7, 11) is 0. The van der Waals surface area contributed by atoms with Crippen molar-refractivity contribution in [3.63, 3.8) is 0 Å². The van der Waals surface area contributed by atoms with E-state index in [1.807, 2.05) is 0 Å². The van der Waals surface area contributed by atoms with Gasteiger partial charge in [-0.25, -0.2) is 0 Å². The molecule has 13 heavy (non-hydrogen) atoms. The van der Waals surface area contributed by atoms with Crippen LogP contribution >= 0.6 is 0 Å². The Morgan fingerprint density at radius 1 is 0.769 bits per heavy atom. The Labute approximate surface area is 95.2 Å². The molecule has 0 aromatic rings. The molecule has 0 heterocycles. The quantitative estimate of drug-likeness (QED) is 0.648. The fraction of sp³-hybridized carbons (Fsp3) is 1.00. The monoisotopic (exact) mass is 332 g/mol. The van der Waals surface area contributed by atoms with Crippen molar-refractivity contribution in [2.75, 3.05) is 0 Å². The third kappa shape index (κ3) is 7.19. The van der Waals surface area contributed by atoms with Gasteiger partial charge in [0.1, 0.15) is 0 Å². The van der Waals surface area contributed by atoms with Gasteiger partial charge < -0.3 is 0 Å². The second kappa shape index (κ2) is 5.95. The van der Waals surface area contributed by atoms with Crippen LogP contribution in [-0.2, 0) is 0 Å². The molecule has 0 saturated carbocycles. The molecule has 0 bridgehead atoms. The molecule has 0 aliphatic carbocycles. The summed E-state index contributed by atoms with van der Waals surface area (Å²) in [5.41, 5.74) is -1.37. The Kier molecular flexibility index (Phi) is 6.51. The first-order chi connectivity index (χ1) is 5.83. The molecular formula is C10H26Si2Te. The van der Waals surface area contributed by atoms with Gasteiger partial charge in [0.25, 0.3) is 0 Å². The van der Waals surface area contributed by atoms with Gasteiger partial charge in [-0.3, -0.25) is 0 Å². The maximum absolute atomic E-state index is 2.64. The predicted octanol–water partition coefficient (Wildman–Crippen LogP) is 3.92. The number of hydrogen-bond acceptors (Lipinski definition) is 0. The Morgan fingerprint density at radius 3 is 1.31 bits per heavy atom. The molecular weight excluding hydrogens is 304 g/mol. The van der Waals surface area contributed by atoms with Crippen molar-refractivity contribution in [3.05, 3.63) is 0 Å². The second-order valence-electron chi connectivity index (χ2n) is 5.12. The molecule has 0 amide bonds. The van der Waals surface area contributed by atoms with Crippen LogP contribution in [0.3, 0.4) is 0 Å². The zero-order valence-electron chi connectivity index (χ0n) is 10.2. The second-order valence-corrected chi connectivity index (χ2v) is 38.1. The first kappa shape index (κ1) is 14.2. The van der Waals surface area contributed by atoms with Crippen molar-refractivity contribution >= 4 is 30.6 Å². The SMILES string of the molecule is CCC[Si](C)(C)[Te][Si](C)(C)CCC. The summed E-state index contributed by atoms with van der Waals surface area (Å²) >= 11 is 0.407. The molecule has 0 nitrogen and oxygen atoms in total. The van der Waals surface area contributed by atoms with Crippen LogP contribution in [0.25, 0.3) is 0 Å². The summed E-state index contributed by atoms with van der Waals surface area (Å²) in [5, 5.41) is 0. The van der Waals surface area contributed by atoms with Crippen molar-refractivity contribution in [1.82, 2.24) is 0 Å². The third-order valence-corrected chi connectivity index (χ3v) is 42.0. The Bertz CT molecular complexity index is 128. The van der Waals surface area contributed by atoms with E-state index in [0.717, 1.165) is 0 Å². The molecule has 3 heteroatoms. The van der Waals surface area contributed by atoms with Crippen LogP contribution < -0.4 is 0 Å². The van der Waals surface area contributed by atoms with Gasteiger partial charge in [0.05, 0.1) is 0 Å². The minimum absolute atomic E-state index is 0.407. The van der Waals surface area contributed by atoms with Gasteiger partial charge in [-0.05, 0) is 0 Å². The van der Waals surface area contributed by atoms with Gasteiger partial charge in [0.2, 0.25) is 0 Å². The number of rotatable bonds is 6. The summed E-state index contributed by atoms with van der Waals surface area (Å²) in [4.78, 5) is 0. The van der Waals surface area contributed by atoms with Gasteiger partial charge in [0, 0.05) is 0 Å². The molecule has 0 fully saturated rings. The normalized spacial score (nSPS) is 13.4. The van der Waals surface area contributed by atoms with Crippen molar-refractivity contribution < 1.29 is 0 Å². The summed E-state index contributed by atoms with van der Waals surface area (Å²) in [6.45, 7) is 15.3. The predicted molar refractivity (Wildman–Crippen MR) is 70.9 cm³/mol. The molecule has 0 aliphatic heterocycles. The molecule has 0 N–H and O–H groups in total. The standard InChI is InChI=1S/C10H26Si2Te/c1-7-9-11(3,4)13-12(5,6)10-8-2/h7-10H2,1-6H3. The van der Waals surface area contributed by atoms with Crippen LogP contribution in [0.2, 0.25) is 38.3 Å². The van der Waals surface area contributed by atoms with E-state index in [1.54, 1.807) is 12.1 Å². The molecule has 80 valence electrons. The van der Waals surface area contributed by atoms with Crippen molar-refractivity contribution in [1.29, 1.82) is 0 Å². The van der Waals surface area contributed by atoms with E-state index in [1.165, 1.54) is 12.8 Å². The van der Waals surface area contributed by atoms with E-state index in [2.05, 4.69) is 40.0 Å². The molecule has 0 aliphatic rings. The Balaban J connectivity index is 4.07. The van der Waals surface area contributed by atoms with Gasteiger partial charge in [-0.15, -0.1) is 0 Å². The first-order valence-corrected chi connectivity index (χ1v) is 18.8. The van der Waals surface area contributed by atoms with Crippen LogP contribution in [0, 0.1) is 0 Å². The third-order valence-electron chi connectivity index (χ3n) is 2.26. The molecule has 0 saturated heterocycles. The fourth-order valence-corrected chi connectivity index (χ4v) is 58.4. The maximum atomic E-state index is 2.64. The first-order valence-electron chi connectivity index (χ1n) is 5.53. The summed E-state index contributed by atoms with van der Waals surface area (Å²) < 4.78 is 0.